The lowest BCUT2D eigenvalue weighted by Crippen LogP contribution is -2.46. The molecule has 18 heavy (non-hydrogen) atoms. The molecule has 6 heteroatoms. The fourth-order valence-corrected chi connectivity index (χ4v) is 3.48. The Hall–Kier alpha value is -0.620. The van der Waals surface area contributed by atoms with Gasteiger partial charge in [0.25, 0.3) is 0 Å². The van der Waals surface area contributed by atoms with Crippen molar-refractivity contribution in [2.24, 2.45) is 11.8 Å². The zero-order chi connectivity index (χ0) is 13.8. The number of aliphatic carboxylic acids is 1. The van der Waals surface area contributed by atoms with Gasteiger partial charge in [0.1, 0.15) is 6.04 Å². The Kier molecular flexibility index (Phi) is 5.59. The first-order chi connectivity index (χ1) is 8.35. The fraction of sp³-hybridized carbons (Fsp3) is 0.917. The van der Waals surface area contributed by atoms with Crippen LogP contribution < -0.4 is 4.72 Å². The van der Waals surface area contributed by atoms with Crippen molar-refractivity contribution >= 4 is 16.0 Å². The smallest absolute Gasteiger partial charge is 0.322 e. The van der Waals surface area contributed by atoms with Gasteiger partial charge in [-0.3, -0.25) is 4.79 Å². The molecule has 1 aliphatic rings. The molecule has 0 spiro atoms. The van der Waals surface area contributed by atoms with Gasteiger partial charge in [0.15, 0.2) is 0 Å². The minimum atomic E-state index is -3.48. The second kappa shape index (κ2) is 6.52. The Labute approximate surface area is 109 Å². The third-order valence-corrected chi connectivity index (χ3v) is 5.19. The summed E-state index contributed by atoms with van der Waals surface area (Å²) in [5.74, 6) is -0.760. The average molecular weight is 277 g/mol. The van der Waals surface area contributed by atoms with Gasteiger partial charge in [0, 0.05) is 0 Å². The van der Waals surface area contributed by atoms with Crippen molar-refractivity contribution in [2.45, 2.75) is 52.0 Å². The van der Waals surface area contributed by atoms with Crippen LogP contribution in [0, 0.1) is 11.8 Å². The summed E-state index contributed by atoms with van der Waals surface area (Å²) >= 11 is 0. The van der Waals surface area contributed by atoms with E-state index in [1.165, 1.54) is 6.42 Å². The molecule has 0 aromatic carbocycles. The van der Waals surface area contributed by atoms with E-state index in [4.69, 9.17) is 5.11 Å². The van der Waals surface area contributed by atoms with Crippen molar-refractivity contribution in [1.29, 1.82) is 0 Å². The number of nitrogens with one attached hydrogen (secondary N) is 1. The van der Waals surface area contributed by atoms with E-state index in [1.807, 2.05) is 6.92 Å². The molecule has 0 aliphatic heterocycles. The van der Waals surface area contributed by atoms with Crippen LogP contribution in [0.4, 0.5) is 0 Å². The third kappa shape index (κ3) is 4.57. The van der Waals surface area contributed by atoms with Gasteiger partial charge in [-0.1, -0.05) is 39.5 Å². The number of sulfonamides is 1. The second-order valence-electron chi connectivity index (χ2n) is 5.22. The minimum Gasteiger partial charge on any atom is -0.480 e. The normalized spacial score (nSPS) is 20.1. The van der Waals surface area contributed by atoms with Gasteiger partial charge < -0.3 is 5.11 Å². The van der Waals surface area contributed by atoms with E-state index in [9.17, 15) is 13.2 Å². The van der Waals surface area contributed by atoms with E-state index in [0.717, 1.165) is 12.8 Å². The van der Waals surface area contributed by atoms with Gasteiger partial charge in [-0.2, -0.15) is 0 Å². The molecule has 2 N–H and O–H groups in total. The van der Waals surface area contributed by atoms with Crippen molar-refractivity contribution in [2.75, 3.05) is 5.75 Å². The van der Waals surface area contributed by atoms with Gasteiger partial charge in [0.05, 0.1) is 5.75 Å². The Bertz CT molecular complexity index is 376. The molecule has 0 bridgehead atoms. The van der Waals surface area contributed by atoms with Crippen LogP contribution in [-0.4, -0.2) is 31.3 Å². The molecule has 0 aromatic rings. The van der Waals surface area contributed by atoms with E-state index in [-0.39, 0.29) is 11.7 Å². The lowest BCUT2D eigenvalue weighted by molar-refractivity contribution is -0.140. The molecule has 1 saturated carbocycles. The summed E-state index contributed by atoms with van der Waals surface area (Å²) in [6.07, 6.45) is 4.65. The first-order valence-electron chi connectivity index (χ1n) is 6.58. The molecule has 0 unspecified atom stereocenters. The van der Waals surface area contributed by atoms with Crippen LogP contribution in [0.5, 0.6) is 0 Å². The van der Waals surface area contributed by atoms with E-state index in [0.29, 0.717) is 18.8 Å². The number of carbonyl (C=O) groups is 1. The van der Waals surface area contributed by atoms with E-state index in [1.54, 1.807) is 6.92 Å². The quantitative estimate of drug-likeness (QED) is 0.706. The molecule has 2 atom stereocenters. The summed E-state index contributed by atoms with van der Waals surface area (Å²) in [6, 6.07) is -1.01. The number of hydrogen-bond acceptors (Lipinski definition) is 3. The molecule has 5 nitrogen and oxygen atoms in total. The van der Waals surface area contributed by atoms with Gasteiger partial charge >= 0.3 is 5.97 Å². The molecule has 1 aliphatic carbocycles. The topological polar surface area (TPSA) is 83.5 Å². The molecule has 0 heterocycles. The number of carboxylic acids is 1. The summed E-state index contributed by atoms with van der Waals surface area (Å²) in [7, 11) is -3.48. The van der Waals surface area contributed by atoms with Gasteiger partial charge in [-0.05, 0) is 18.3 Å². The highest BCUT2D eigenvalue weighted by atomic mass is 32.2. The van der Waals surface area contributed by atoms with Gasteiger partial charge in [-0.15, -0.1) is 0 Å². The van der Waals surface area contributed by atoms with Crippen LogP contribution in [-0.2, 0) is 14.8 Å². The van der Waals surface area contributed by atoms with Crippen LogP contribution in [0.1, 0.15) is 46.0 Å². The Morgan fingerprint density at radius 3 is 2.44 bits per heavy atom. The summed E-state index contributed by atoms with van der Waals surface area (Å²) in [5.41, 5.74) is 0. The highest BCUT2D eigenvalue weighted by Crippen LogP contribution is 2.29. The predicted molar refractivity (Wildman–Crippen MR) is 69.8 cm³/mol. The van der Waals surface area contributed by atoms with Crippen molar-refractivity contribution in [1.82, 2.24) is 4.72 Å². The van der Waals surface area contributed by atoms with Crippen LogP contribution in [0.3, 0.4) is 0 Å². The minimum absolute atomic E-state index is 0.0396. The predicted octanol–water partition coefficient (Wildman–Crippen LogP) is 1.60. The molecule has 1 rings (SSSR count). The maximum atomic E-state index is 11.8. The molecule has 106 valence electrons. The third-order valence-electron chi connectivity index (χ3n) is 3.81. The maximum Gasteiger partial charge on any atom is 0.322 e. The summed E-state index contributed by atoms with van der Waals surface area (Å²) in [6.45, 7) is 3.59. The first-order valence-corrected chi connectivity index (χ1v) is 8.23. The molecule has 0 radical (unpaired) electrons. The SMILES string of the molecule is CC[C@H](C)[C@H](NS(=O)(=O)CCC1CCC1)C(=O)O. The number of carboxylic acid groups (broad SMARTS) is 1. The molecule has 1 fully saturated rings. The second-order valence-corrected chi connectivity index (χ2v) is 7.10. The van der Waals surface area contributed by atoms with Crippen LogP contribution in [0.15, 0.2) is 0 Å². The first kappa shape index (κ1) is 15.4. The summed E-state index contributed by atoms with van der Waals surface area (Å²) < 4.78 is 26.0. The molecular formula is C12H23NO4S. The zero-order valence-corrected chi connectivity index (χ0v) is 11.9. The van der Waals surface area contributed by atoms with E-state index < -0.39 is 22.0 Å². The van der Waals surface area contributed by atoms with E-state index in [2.05, 4.69) is 4.72 Å². The molecule has 0 amide bonds. The monoisotopic (exact) mass is 277 g/mol. The zero-order valence-electron chi connectivity index (χ0n) is 11.1. The van der Waals surface area contributed by atoms with Crippen molar-refractivity contribution in [3.63, 3.8) is 0 Å². The standard InChI is InChI=1S/C12H23NO4S/c1-3-9(2)11(12(14)15)13-18(16,17)8-7-10-5-4-6-10/h9-11,13H,3-8H2,1-2H3,(H,14,15)/t9-,11-/m0/s1. The van der Waals surface area contributed by atoms with Crippen molar-refractivity contribution in [3.8, 4) is 0 Å². The number of rotatable bonds is 8. The molecule has 0 saturated heterocycles. The largest absolute Gasteiger partial charge is 0.480 e. The maximum absolute atomic E-state index is 11.8. The van der Waals surface area contributed by atoms with Crippen LogP contribution >= 0.6 is 0 Å². The van der Waals surface area contributed by atoms with Crippen molar-refractivity contribution < 1.29 is 18.3 Å². The fourth-order valence-electron chi connectivity index (χ4n) is 2.00. The van der Waals surface area contributed by atoms with Crippen molar-refractivity contribution in [3.05, 3.63) is 0 Å². The highest BCUT2D eigenvalue weighted by molar-refractivity contribution is 7.89. The molecule has 0 aromatic heterocycles. The van der Waals surface area contributed by atoms with E-state index >= 15 is 0 Å². The van der Waals surface area contributed by atoms with Crippen LogP contribution in [0.25, 0.3) is 0 Å². The lowest BCUT2D eigenvalue weighted by atomic mass is 9.84. The Morgan fingerprint density at radius 2 is 2.06 bits per heavy atom. The number of hydrogen-bond donors (Lipinski definition) is 2. The lowest BCUT2D eigenvalue weighted by Gasteiger charge is -2.26. The van der Waals surface area contributed by atoms with Crippen LogP contribution in [0.2, 0.25) is 0 Å². The summed E-state index contributed by atoms with van der Waals surface area (Å²) in [4.78, 5) is 11.1. The van der Waals surface area contributed by atoms with Gasteiger partial charge in [0.2, 0.25) is 10.0 Å². The van der Waals surface area contributed by atoms with Gasteiger partial charge in [-0.25, -0.2) is 13.1 Å². The molecular weight excluding hydrogens is 254 g/mol. The Morgan fingerprint density at radius 1 is 1.44 bits per heavy atom. The Balaban J connectivity index is 2.52. The summed E-state index contributed by atoms with van der Waals surface area (Å²) in [5, 5.41) is 9.05. The average Bonchev–Trinajstić information content (AvgIpc) is 2.22. The highest BCUT2D eigenvalue weighted by Gasteiger charge is 2.29.